The summed E-state index contributed by atoms with van der Waals surface area (Å²) in [7, 11) is 1.64. The van der Waals surface area contributed by atoms with E-state index in [1.165, 1.54) is 0 Å². The van der Waals surface area contributed by atoms with Gasteiger partial charge in [-0.05, 0) is 29.8 Å². The van der Waals surface area contributed by atoms with Gasteiger partial charge in [0.2, 0.25) is 0 Å². The highest BCUT2D eigenvalue weighted by molar-refractivity contribution is 6.00. The van der Waals surface area contributed by atoms with Crippen LogP contribution in [-0.2, 0) is 6.54 Å². The van der Waals surface area contributed by atoms with Crippen LogP contribution < -0.4 is 9.47 Å². The normalized spacial score (nSPS) is 13.9. The van der Waals surface area contributed by atoms with E-state index >= 15 is 0 Å². The first-order chi connectivity index (χ1) is 18.2. The van der Waals surface area contributed by atoms with E-state index in [1.54, 1.807) is 7.11 Å². The number of nitrogens with zero attached hydrogens (tertiary/aromatic N) is 4. The number of rotatable bonds is 9. The second kappa shape index (κ2) is 11.8. The van der Waals surface area contributed by atoms with Gasteiger partial charge >= 0.3 is 0 Å². The molecule has 7 heteroatoms. The molecule has 0 N–H and O–H groups in total. The molecule has 0 radical (unpaired) electrons. The molecule has 0 unspecified atom stereocenters. The van der Waals surface area contributed by atoms with Gasteiger partial charge in [0.1, 0.15) is 23.8 Å². The fourth-order valence-corrected chi connectivity index (χ4v) is 4.57. The van der Waals surface area contributed by atoms with Gasteiger partial charge in [-0.3, -0.25) is 14.4 Å². The lowest BCUT2D eigenvalue weighted by molar-refractivity contribution is 0.0621. The van der Waals surface area contributed by atoms with E-state index in [2.05, 4.69) is 17.0 Å². The van der Waals surface area contributed by atoms with Gasteiger partial charge in [-0.1, -0.05) is 60.7 Å². The summed E-state index contributed by atoms with van der Waals surface area (Å²) in [6.45, 7) is 5.04. The Balaban J connectivity index is 1.28. The van der Waals surface area contributed by atoms with Crippen LogP contribution in [-0.4, -0.2) is 71.9 Å². The van der Waals surface area contributed by atoms with Gasteiger partial charge in [-0.15, -0.1) is 0 Å². The standard InChI is InChI=1S/C30H32N4O3/c1-36-27-14-8-11-25(21-27)29-28(23-34(31-29)22-24-9-4-2-5-10-24)30(35)33-17-15-32(16-18-33)19-20-37-26-12-6-3-7-13-26/h2-14,21,23H,15-20,22H2,1H3. The van der Waals surface area contributed by atoms with Crippen LogP contribution in [0.1, 0.15) is 15.9 Å². The number of hydrogen-bond acceptors (Lipinski definition) is 5. The number of piperazine rings is 1. The molecule has 0 aliphatic carbocycles. The van der Waals surface area contributed by atoms with Crippen molar-refractivity contribution in [2.24, 2.45) is 0 Å². The van der Waals surface area contributed by atoms with E-state index in [0.29, 0.717) is 37.5 Å². The molecule has 1 aromatic heterocycles. The number of amides is 1. The first-order valence-corrected chi connectivity index (χ1v) is 12.6. The van der Waals surface area contributed by atoms with E-state index in [4.69, 9.17) is 14.6 Å². The number of carbonyl (C=O) groups is 1. The zero-order valence-electron chi connectivity index (χ0n) is 21.1. The third-order valence-corrected chi connectivity index (χ3v) is 6.60. The van der Waals surface area contributed by atoms with Crippen LogP contribution in [0.3, 0.4) is 0 Å². The highest BCUT2D eigenvalue weighted by Gasteiger charge is 2.26. The van der Waals surface area contributed by atoms with Crippen LogP contribution >= 0.6 is 0 Å². The molecule has 5 rings (SSSR count). The van der Waals surface area contributed by atoms with Crippen molar-refractivity contribution in [1.29, 1.82) is 0 Å². The first kappa shape index (κ1) is 24.6. The summed E-state index contributed by atoms with van der Waals surface area (Å²) in [5, 5.41) is 4.84. The Labute approximate surface area is 217 Å². The third kappa shape index (κ3) is 6.19. The predicted molar refractivity (Wildman–Crippen MR) is 144 cm³/mol. The van der Waals surface area contributed by atoms with E-state index in [0.717, 1.165) is 42.3 Å². The molecule has 3 aromatic carbocycles. The van der Waals surface area contributed by atoms with Gasteiger partial charge in [0.15, 0.2) is 0 Å². The fraction of sp³-hybridized carbons (Fsp3) is 0.267. The minimum absolute atomic E-state index is 0.0114. The minimum Gasteiger partial charge on any atom is -0.497 e. The lowest BCUT2D eigenvalue weighted by atomic mass is 10.1. The van der Waals surface area contributed by atoms with Gasteiger partial charge < -0.3 is 14.4 Å². The average Bonchev–Trinajstić information content (AvgIpc) is 3.38. The Kier molecular flexibility index (Phi) is 7.81. The molecule has 1 aliphatic heterocycles. The van der Waals surface area contributed by atoms with Crippen molar-refractivity contribution in [3.05, 3.63) is 102 Å². The minimum atomic E-state index is 0.0114. The quantitative estimate of drug-likeness (QED) is 0.343. The van der Waals surface area contributed by atoms with Crippen molar-refractivity contribution in [2.75, 3.05) is 46.4 Å². The van der Waals surface area contributed by atoms with Crippen molar-refractivity contribution >= 4 is 5.91 Å². The van der Waals surface area contributed by atoms with Crippen molar-refractivity contribution in [1.82, 2.24) is 19.6 Å². The van der Waals surface area contributed by atoms with Gasteiger partial charge in [-0.25, -0.2) is 0 Å². The van der Waals surface area contributed by atoms with Crippen molar-refractivity contribution in [2.45, 2.75) is 6.54 Å². The van der Waals surface area contributed by atoms with Crippen LogP contribution in [0.2, 0.25) is 0 Å². The first-order valence-electron chi connectivity index (χ1n) is 12.6. The number of carbonyl (C=O) groups excluding carboxylic acids is 1. The summed E-state index contributed by atoms with van der Waals surface area (Å²) in [6.07, 6.45) is 1.88. The molecule has 1 amide bonds. The molecule has 1 saturated heterocycles. The Morgan fingerprint density at radius 2 is 1.57 bits per heavy atom. The average molecular weight is 497 g/mol. The monoisotopic (exact) mass is 496 g/mol. The van der Waals surface area contributed by atoms with Crippen LogP contribution in [0, 0.1) is 0 Å². The summed E-state index contributed by atoms with van der Waals surface area (Å²) in [6, 6.07) is 27.7. The topological polar surface area (TPSA) is 59.8 Å². The lowest BCUT2D eigenvalue weighted by Gasteiger charge is -2.34. The highest BCUT2D eigenvalue weighted by Crippen LogP contribution is 2.27. The number of methoxy groups -OCH3 is 1. The number of ether oxygens (including phenoxy) is 2. The Bertz CT molecular complexity index is 1300. The predicted octanol–water partition coefficient (Wildman–Crippen LogP) is 4.44. The molecule has 1 fully saturated rings. The molecule has 4 aromatic rings. The SMILES string of the molecule is COc1cccc(-c2nn(Cc3ccccc3)cc2C(=O)N2CCN(CCOc3ccccc3)CC2)c1. The summed E-state index contributed by atoms with van der Waals surface area (Å²) < 4.78 is 13.1. The number of aromatic nitrogens is 2. The maximum atomic E-state index is 13.7. The zero-order valence-corrected chi connectivity index (χ0v) is 21.1. The molecule has 2 heterocycles. The number of hydrogen-bond donors (Lipinski definition) is 0. The molecule has 0 bridgehead atoms. The lowest BCUT2D eigenvalue weighted by Crippen LogP contribution is -2.49. The molecule has 37 heavy (non-hydrogen) atoms. The van der Waals surface area contributed by atoms with Gasteiger partial charge in [0.05, 0.1) is 19.2 Å². The summed E-state index contributed by atoms with van der Waals surface area (Å²) >= 11 is 0. The van der Waals surface area contributed by atoms with Gasteiger partial charge in [-0.2, -0.15) is 5.10 Å². The Hall–Kier alpha value is -4.10. The molecular formula is C30H32N4O3. The molecule has 190 valence electrons. The second-order valence-corrected chi connectivity index (χ2v) is 9.10. The summed E-state index contributed by atoms with van der Waals surface area (Å²) in [5.41, 5.74) is 3.29. The van der Waals surface area contributed by atoms with E-state index < -0.39 is 0 Å². The highest BCUT2D eigenvalue weighted by atomic mass is 16.5. The molecule has 0 saturated carbocycles. The maximum Gasteiger partial charge on any atom is 0.257 e. The van der Waals surface area contributed by atoms with E-state index in [9.17, 15) is 4.79 Å². The van der Waals surface area contributed by atoms with Gasteiger partial charge in [0.25, 0.3) is 5.91 Å². The van der Waals surface area contributed by atoms with E-state index in [1.807, 2.05) is 88.6 Å². The second-order valence-electron chi connectivity index (χ2n) is 9.10. The summed E-state index contributed by atoms with van der Waals surface area (Å²) in [5.74, 6) is 1.63. The molecule has 0 atom stereocenters. The molecule has 0 spiro atoms. The third-order valence-electron chi connectivity index (χ3n) is 6.60. The van der Waals surface area contributed by atoms with Crippen LogP contribution in [0.25, 0.3) is 11.3 Å². The largest absolute Gasteiger partial charge is 0.497 e. The van der Waals surface area contributed by atoms with Gasteiger partial charge in [0, 0.05) is 44.5 Å². The molecular weight excluding hydrogens is 464 g/mol. The smallest absolute Gasteiger partial charge is 0.257 e. The molecule has 1 aliphatic rings. The number of para-hydroxylation sites is 1. The number of benzene rings is 3. The van der Waals surface area contributed by atoms with Crippen LogP contribution in [0.5, 0.6) is 11.5 Å². The zero-order chi connectivity index (χ0) is 25.5. The van der Waals surface area contributed by atoms with Crippen LogP contribution in [0.4, 0.5) is 0 Å². The van der Waals surface area contributed by atoms with Crippen LogP contribution in [0.15, 0.2) is 91.1 Å². The van der Waals surface area contributed by atoms with Crippen molar-refractivity contribution in [3.63, 3.8) is 0 Å². The van der Waals surface area contributed by atoms with Crippen molar-refractivity contribution < 1.29 is 14.3 Å². The molecule has 7 nitrogen and oxygen atoms in total. The van der Waals surface area contributed by atoms with E-state index in [-0.39, 0.29) is 5.91 Å². The van der Waals surface area contributed by atoms with Crippen molar-refractivity contribution in [3.8, 4) is 22.8 Å². The maximum absolute atomic E-state index is 13.7. The summed E-state index contributed by atoms with van der Waals surface area (Å²) in [4.78, 5) is 18.0. The Morgan fingerprint density at radius 1 is 0.865 bits per heavy atom. The Morgan fingerprint density at radius 3 is 2.30 bits per heavy atom. The fourth-order valence-electron chi connectivity index (χ4n) is 4.57.